The summed E-state index contributed by atoms with van der Waals surface area (Å²) in [5, 5.41) is 12.0. The molecule has 0 aliphatic heterocycles. The molecule has 1 N–H and O–H groups in total. The highest BCUT2D eigenvalue weighted by atomic mass is 16.3. The van der Waals surface area contributed by atoms with Crippen LogP contribution >= 0.6 is 0 Å². The van der Waals surface area contributed by atoms with Gasteiger partial charge in [-0.15, -0.1) is 0 Å². The molecule has 0 saturated carbocycles. The van der Waals surface area contributed by atoms with Gasteiger partial charge in [0, 0.05) is 22.1 Å². The van der Waals surface area contributed by atoms with Gasteiger partial charge in [-0.25, -0.2) is 0 Å². The van der Waals surface area contributed by atoms with Crippen molar-refractivity contribution in [1.29, 1.82) is 0 Å². The first-order chi connectivity index (χ1) is 9.68. The predicted octanol–water partition coefficient (Wildman–Crippen LogP) is 4.07. The molecule has 0 saturated heterocycles. The number of fused-ring (bicyclic) bond motifs is 5. The van der Waals surface area contributed by atoms with Gasteiger partial charge in [0.05, 0.1) is 0 Å². The summed E-state index contributed by atoms with van der Waals surface area (Å²) < 4.78 is 0. The van der Waals surface area contributed by atoms with Crippen LogP contribution in [-0.4, -0.2) is 10.9 Å². The van der Waals surface area contributed by atoms with Gasteiger partial charge in [0.15, 0.2) is 5.78 Å². The number of rotatable bonds is 0. The number of benzene rings is 3. The smallest absolute Gasteiger partial charge is 0.194 e. The van der Waals surface area contributed by atoms with Crippen LogP contribution in [-0.2, 0) is 0 Å². The Morgan fingerprint density at radius 1 is 0.900 bits per heavy atom. The molecule has 1 aliphatic rings. The maximum Gasteiger partial charge on any atom is 0.194 e. The lowest BCUT2D eigenvalue weighted by Gasteiger charge is -2.10. The summed E-state index contributed by atoms with van der Waals surface area (Å²) in [6.45, 7) is 2.01. The molecule has 0 heterocycles. The van der Waals surface area contributed by atoms with E-state index in [0.29, 0.717) is 5.56 Å². The Labute approximate surface area is 116 Å². The van der Waals surface area contributed by atoms with Crippen molar-refractivity contribution in [2.45, 2.75) is 6.92 Å². The van der Waals surface area contributed by atoms with Crippen LogP contribution in [0.4, 0.5) is 0 Å². The van der Waals surface area contributed by atoms with Crippen molar-refractivity contribution in [1.82, 2.24) is 0 Å². The minimum absolute atomic E-state index is 0.00365. The maximum absolute atomic E-state index is 12.5. The van der Waals surface area contributed by atoms with Gasteiger partial charge in [-0.1, -0.05) is 42.5 Å². The van der Waals surface area contributed by atoms with E-state index in [4.69, 9.17) is 0 Å². The summed E-state index contributed by atoms with van der Waals surface area (Å²) >= 11 is 0. The van der Waals surface area contributed by atoms with Gasteiger partial charge in [-0.05, 0) is 29.5 Å². The van der Waals surface area contributed by atoms with Crippen LogP contribution in [0.1, 0.15) is 21.5 Å². The second-order valence-electron chi connectivity index (χ2n) is 5.19. The molecule has 96 valence electrons. The molecule has 0 aromatic heterocycles. The molecule has 1 aliphatic carbocycles. The molecule has 0 unspecified atom stereocenters. The van der Waals surface area contributed by atoms with Gasteiger partial charge >= 0.3 is 0 Å². The van der Waals surface area contributed by atoms with Crippen LogP contribution in [0.15, 0.2) is 48.5 Å². The Kier molecular flexibility index (Phi) is 2.08. The van der Waals surface area contributed by atoms with Gasteiger partial charge in [0.2, 0.25) is 0 Å². The second-order valence-corrected chi connectivity index (χ2v) is 5.19. The summed E-state index contributed by atoms with van der Waals surface area (Å²) in [6, 6.07) is 15.1. The summed E-state index contributed by atoms with van der Waals surface area (Å²) in [4.78, 5) is 12.5. The molecule has 20 heavy (non-hydrogen) atoms. The van der Waals surface area contributed by atoms with Gasteiger partial charge < -0.3 is 5.11 Å². The molecule has 0 bridgehead atoms. The fourth-order valence-electron chi connectivity index (χ4n) is 3.14. The van der Waals surface area contributed by atoms with Gasteiger partial charge in [0.25, 0.3) is 0 Å². The number of aromatic hydroxyl groups is 1. The van der Waals surface area contributed by atoms with E-state index < -0.39 is 0 Å². The zero-order valence-electron chi connectivity index (χ0n) is 11.0. The molecule has 4 rings (SSSR count). The van der Waals surface area contributed by atoms with Crippen molar-refractivity contribution in [3.05, 3.63) is 65.2 Å². The van der Waals surface area contributed by atoms with E-state index in [1.807, 2.05) is 49.4 Å². The van der Waals surface area contributed by atoms with Crippen LogP contribution in [0.3, 0.4) is 0 Å². The first-order valence-corrected chi connectivity index (χ1v) is 6.58. The molecule has 3 aromatic carbocycles. The Hall–Kier alpha value is -2.61. The molecule has 0 spiro atoms. The van der Waals surface area contributed by atoms with Crippen molar-refractivity contribution >= 4 is 16.6 Å². The predicted molar refractivity (Wildman–Crippen MR) is 79.2 cm³/mol. The molecule has 0 amide bonds. The topological polar surface area (TPSA) is 37.3 Å². The molecular formula is C18H12O2. The molecule has 2 heteroatoms. The van der Waals surface area contributed by atoms with Gasteiger partial charge in [-0.3, -0.25) is 4.79 Å². The van der Waals surface area contributed by atoms with Crippen LogP contribution < -0.4 is 0 Å². The largest absolute Gasteiger partial charge is 0.507 e. The molecule has 2 nitrogen and oxygen atoms in total. The number of phenolic OH excluding ortho intramolecular Hbond substituents is 1. The van der Waals surface area contributed by atoms with Crippen LogP contribution in [0, 0.1) is 6.92 Å². The monoisotopic (exact) mass is 260 g/mol. The third kappa shape index (κ3) is 1.26. The number of aryl methyl sites for hydroxylation is 1. The van der Waals surface area contributed by atoms with Gasteiger partial charge in [-0.2, -0.15) is 0 Å². The van der Waals surface area contributed by atoms with Crippen molar-refractivity contribution in [3.8, 4) is 16.9 Å². The highest BCUT2D eigenvalue weighted by Gasteiger charge is 2.29. The molecule has 3 aromatic rings. The number of carbonyl (C=O) groups excluding carboxylic acids is 1. The number of hydrogen-bond donors (Lipinski definition) is 1. The normalized spacial score (nSPS) is 12.6. The minimum atomic E-state index is -0.00365. The van der Waals surface area contributed by atoms with Crippen molar-refractivity contribution < 1.29 is 9.90 Å². The lowest BCUT2D eigenvalue weighted by Crippen LogP contribution is -1.95. The highest BCUT2D eigenvalue weighted by molar-refractivity contribution is 6.27. The van der Waals surface area contributed by atoms with E-state index in [1.165, 1.54) is 0 Å². The maximum atomic E-state index is 12.5. The zero-order valence-corrected chi connectivity index (χ0v) is 11.0. The number of hydrogen-bond acceptors (Lipinski definition) is 2. The quantitative estimate of drug-likeness (QED) is 0.517. The third-order valence-corrected chi connectivity index (χ3v) is 4.03. The molecular weight excluding hydrogens is 248 g/mol. The zero-order chi connectivity index (χ0) is 13.9. The summed E-state index contributed by atoms with van der Waals surface area (Å²) in [5.41, 5.74) is 4.31. The number of phenols is 1. The highest BCUT2D eigenvalue weighted by Crippen LogP contribution is 2.45. The van der Waals surface area contributed by atoms with E-state index in [2.05, 4.69) is 0 Å². The van der Waals surface area contributed by atoms with Crippen LogP contribution in [0.25, 0.3) is 21.9 Å². The summed E-state index contributed by atoms with van der Waals surface area (Å²) in [7, 11) is 0. The third-order valence-electron chi connectivity index (χ3n) is 4.03. The first kappa shape index (κ1) is 11.2. The Morgan fingerprint density at radius 2 is 1.65 bits per heavy atom. The van der Waals surface area contributed by atoms with Crippen molar-refractivity contribution in [2.75, 3.05) is 0 Å². The van der Waals surface area contributed by atoms with E-state index in [1.54, 1.807) is 6.07 Å². The molecule has 0 fully saturated rings. The number of carbonyl (C=O) groups is 1. The SMILES string of the molecule is Cc1cccc2c(O)cc3c(c12)-c1ccccc1C3=O. The minimum Gasteiger partial charge on any atom is -0.507 e. The molecule has 0 radical (unpaired) electrons. The Morgan fingerprint density at radius 3 is 2.45 bits per heavy atom. The van der Waals surface area contributed by atoms with E-state index in [9.17, 15) is 9.90 Å². The van der Waals surface area contributed by atoms with E-state index >= 15 is 0 Å². The lowest BCUT2D eigenvalue weighted by atomic mass is 9.94. The standard InChI is InChI=1S/C18H12O2/c1-10-5-4-8-13-15(19)9-14-17(16(10)13)11-6-2-3-7-12(11)18(14)20/h2-9,19H,1H3. The first-order valence-electron chi connectivity index (χ1n) is 6.58. The summed E-state index contributed by atoms with van der Waals surface area (Å²) in [6.07, 6.45) is 0. The fourth-order valence-corrected chi connectivity index (χ4v) is 3.14. The summed E-state index contributed by atoms with van der Waals surface area (Å²) in [5.74, 6) is 0.166. The lowest BCUT2D eigenvalue weighted by molar-refractivity contribution is 0.104. The van der Waals surface area contributed by atoms with E-state index in [-0.39, 0.29) is 11.5 Å². The average molecular weight is 260 g/mol. The van der Waals surface area contributed by atoms with Crippen LogP contribution in [0.5, 0.6) is 5.75 Å². The number of ketones is 1. The Balaban J connectivity index is 2.28. The van der Waals surface area contributed by atoms with Crippen LogP contribution in [0.2, 0.25) is 0 Å². The van der Waals surface area contributed by atoms with E-state index in [0.717, 1.165) is 33.0 Å². The second kappa shape index (κ2) is 3.70. The van der Waals surface area contributed by atoms with Gasteiger partial charge in [0.1, 0.15) is 5.75 Å². The Bertz CT molecular complexity index is 891. The van der Waals surface area contributed by atoms with Crippen molar-refractivity contribution in [2.24, 2.45) is 0 Å². The molecule has 0 atom stereocenters. The average Bonchev–Trinajstić information content (AvgIpc) is 2.73. The fraction of sp³-hybridized carbons (Fsp3) is 0.0556. The van der Waals surface area contributed by atoms with Crippen molar-refractivity contribution in [3.63, 3.8) is 0 Å².